The number of hydrogen-bond donors (Lipinski definition) is 1. The Morgan fingerprint density at radius 1 is 0.938 bits per heavy atom. The molecule has 0 aliphatic heterocycles. The van der Waals surface area contributed by atoms with Crippen LogP contribution in [0.2, 0.25) is 0 Å². The van der Waals surface area contributed by atoms with Gasteiger partial charge in [0.25, 0.3) is 0 Å². The second-order valence-corrected chi connectivity index (χ2v) is 8.46. The molecule has 0 saturated heterocycles. The molecular weight excluding hydrogens is 424 g/mol. The van der Waals surface area contributed by atoms with Crippen LogP contribution in [0.4, 0.5) is 0 Å². The number of esters is 1. The molecule has 2 atom stereocenters. The highest BCUT2D eigenvalue weighted by atomic mass is 32.2. The van der Waals surface area contributed by atoms with Crippen molar-refractivity contribution in [1.29, 1.82) is 0 Å². The van der Waals surface area contributed by atoms with E-state index in [0.29, 0.717) is 5.75 Å². The number of carbonyl (C=O) groups excluding carboxylic acids is 1. The maximum absolute atomic E-state index is 13.0. The minimum absolute atomic E-state index is 0.00598. The third kappa shape index (κ3) is 5.00. The number of hydrogen-bond acceptors (Lipinski definition) is 5. The zero-order valence-electron chi connectivity index (χ0n) is 17.2. The largest absolute Gasteiger partial charge is 0.456 e. The van der Waals surface area contributed by atoms with Crippen molar-refractivity contribution in [2.45, 2.75) is 23.7 Å². The molecule has 0 amide bonds. The van der Waals surface area contributed by atoms with Crippen LogP contribution in [0.3, 0.4) is 0 Å². The predicted octanol–water partition coefficient (Wildman–Crippen LogP) is 5.53. The van der Waals surface area contributed by atoms with Crippen molar-refractivity contribution >= 4 is 28.6 Å². The highest BCUT2D eigenvalue weighted by molar-refractivity contribution is 7.98. The Hall–Kier alpha value is -3.58. The molecule has 0 radical (unpaired) electrons. The van der Waals surface area contributed by atoms with Gasteiger partial charge in [-0.05, 0) is 22.8 Å². The first-order valence-electron chi connectivity index (χ1n) is 10.2. The van der Waals surface area contributed by atoms with Crippen molar-refractivity contribution in [3.63, 3.8) is 0 Å². The predicted molar refractivity (Wildman–Crippen MR) is 126 cm³/mol. The molecule has 0 saturated carbocycles. The van der Waals surface area contributed by atoms with Crippen LogP contribution in [0, 0.1) is 10.1 Å². The first-order valence-corrected chi connectivity index (χ1v) is 11.2. The molecule has 0 bridgehead atoms. The third-order valence-electron chi connectivity index (χ3n) is 5.18. The smallest absolute Gasteiger partial charge is 0.383 e. The lowest BCUT2D eigenvalue weighted by molar-refractivity contribution is -0.510. The van der Waals surface area contributed by atoms with Gasteiger partial charge < -0.3 is 9.72 Å². The average molecular weight is 447 g/mol. The van der Waals surface area contributed by atoms with E-state index < -0.39 is 22.2 Å². The Labute approximate surface area is 189 Å². The number of nitro groups is 1. The van der Waals surface area contributed by atoms with Crippen LogP contribution in [0.1, 0.15) is 21.9 Å². The highest BCUT2D eigenvalue weighted by Gasteiger charge is 2.42. The number of aromatic amines is 1. The number of nitrogens with zero attached hydrogens (tertiary/aromatic N) is 1. The molecule has 0 fully saturated rings. The summed E-state index contributed by atoms with van der Waals surface area (Å²) in [6, 6.07) is 24.9. The summed E-state index contributed by atoms with van der Waals surface area (Å²) in [7, 11) is 0. The van der Waals surface area contributed by atoms with E-state index in [1.165, 1.54) is 11.8 Å². The maximum atomic E-state index is 13.0. The molecule has 0 aliphatic rings. The quantitative estimate of drug-likeness (QED) is 0.208. The van der Waals surface area contributed by atoms with Crippen molar-refractivity contribution < 1.29 is 14.5 Å². The minimum atomic E-state index is -1.54. The fraction of sp³-hybridized carbons (Fsp3) is 0.160. The fourth-order valence-electron chi connectivity index (χ4n) is 3.57. The van der Waals surface area contributed by atoms with Crippen molar-refractivity contribution in [3.05, 3.63) is 118 Å². The fourth-order valence-corrected chi connectivity index (χ4v) is 4.91. The Balaban J connectivity index is 1.63. The molecule has 4 aromatic rings. The van der Waals surface area contributed by atoms with E-state index in [0.717, 1.165) is 27.6 Å². The van der Waals surface area contributed by atoms with Crippen molar-refractivity contribution in [3.8, 4) is 0 Å². The van der Waals surface area contributed by atoms with Crippen LogP contribution in [-0.4, -0.2) is 21.9 Å². The molecule has 4 rings (SSSR count). The van der Waals surface area contributed by atoms with E-state index in [9.17, 15) is 14.9 Å². The normalized spacial score (nSPS) is 12.9. The van der Waals surface area contributed by atoms with E-state index in [2.05, 4.69) is 4.98 Å². The average Bonchev–Trinajstić information content (AvgIpc) is 3.25. The summed E-state index contributed by atoms with van der Waals surface area (Å²) < 4.78 is 5.39. The number of nitrogens with one attached hydrogen (secondary N) is 1. The van der Waals surface area contributed by atoms with E-state index in [1.54, 1.807) is 6.20 Å². The second-order valence-electron chi connectivity index (χ2n) is 7.33. The van der Waals surface area contributed by atoms with Crippen molar-refractivity contribution in [2.75, 3.05) is 0 Å². The summed E-state index contributed by atoms with van der Waals surface area (Å²) in [4.78, 5) is 27.7. The van der Waals surface area contributed by atoms with E-state index in [1.807, 2.05) is 84.9 Å². The van der Waals surface area contributed by atoms with Crippen molar-refractivity contribution in [2.24, 2.45) is 0 Å². The summed E-state index contributed by atoms with van der Waals surface area (Å²) in [6.45, 7) is -0.00598. The number of rotatable bonds is 9. The van der Waals surface area contributed by atoms with E-state index in [4.69, 9.17) is 4.74 Å². The minimum Gasteiger partial charge on any atom is -0.456 e. The Morgan fingerprint density at radius 3 is 2.25 bits per heavy atom. The third-order valence-corrected chi connectivity index (χ3v) is 6.55. The number of benzene rings is 3. The highest BCUT2D eigenvalue weighted by Crippen LogP contribution is 2.39. The molecule has 1 heterocycles. The lowest BCUT2D eigenvalue weighted by atomic mass is 10.0. The summed E-state index contributed by atoms with van der Waals surface area (Å²) in [5.41, 5.74) is 3.40. The van der Waals surface area contributed by atoms with Crippen LogP contribution in [0.25, 0.3) is 10.9 Å². The van der Waals surface area contributed by atoms with Gasteiger partial charge in [0.2, 0.25) is 0 Å². The number of aromatic nitrogens is 1. The molecule has 0 unspecified atom stereocenters. The van der Waals surface area contributed by atoms with Crippen molar-refractivity contribution in [1.82, 2.24) is 4.98 Å². The summed E-state index contributed by atoms with van der Waals surface area (Å²) in [5.74, 6) is -0.309. The topological polar surface area (TPSA) is 85.2 Å². The van der Waals surface area contributed by atoms with Gasteiger partial charge in [0.1, 0.15) is 11.9 Å². The molecule has 32 heavy (non-hydrogen) atoms. The number of carbonyl (C=O) groups is 1. The molecule has 0 aliphatic carbocycles. The molecule has 1 N–H and O–H groups in total. The van der Waals surface area contributed by atoms with Crippen LogP contribution in [-0.2, 0) is 21.9 Å². The van der Waals surface area contributed by atoms with Gasteiger partial charge in [-0.15, -0.1) is 11.8 Å². The summed E-state index contributed by atoms with van der Waals surface area (Å²) in [5, 5.41) is 12.3. The van der Waals surface area contributed by atoms with Crippen LogP contribution in [0.5, 0.6) is 0 Å². The summed E-state index contributed by atoms with van der Waals surface area (Å²) >= 11 is 1.37. The van der Waals surface area contributed by atoms with E-state index in [-0.39, 0.29) is 6.61 Å². The van der Waals surface area contributed by atoms with Gasteiger partial charge in [0.05, 0.1) is 0 Å². The zero-order valence-corrected chi connectivity index (χ0v) is 18.0. The number of ether oxygens (including phenoxy) is 1. The lowest BCUT2D eigenvalue weighted by Crippen LogP contribution is -2.36. The molecule has 6 nitrogen and oxygen atoms in total. The van der Waals surface area contributed by atoms with Crippen LogP contribution >= 0.6 is 11.8 Å². The van der Waals surface area contributed by atoms with Gasteiger partial charge in [0.15, 0.2) is 0 Å². The first kappa shape index (κ1) is 21.6. The molecular formula is C25H22N2O4S. The van der Waals surface area contributed by atoms with Gasteiger partial charge in [-0.1, -0.05) is 78.9 Å². The van der Waals surface area contributed by atoms with Crippen LogP contribution < -0.4 is 0 Å². The van der Waals surface area contributed by atoms with Gasteiger partial charge in [-0.3, -0.25) is 10.1 Å². The number of para-hydroxylation sites is 1. The van der Waals surface area contributed by atoms with Gasteiger partial charge in [-0.25, -0.2) is 4.79 Å². The Morgan fingerprint density at radius 2 is 1.56 bits per heavy atom. The first-order chi connectivity index (χ1) is 15.6. The zero-order chi connectivity index (χ0) is 22.3. The van der Waals surface area contributed by atoms with Gasteiger partial charge in [-0.2, -0.15) is 0 Å². The maximum Gasteiger partial charge on any atom is 0.383 e. The molecule has 1 aromatic heterocycles. The van der Waals surface area contributed by atoms with Gasteiger partial charge in [0, 0.05) is 27.8 Å². The monoisotopic (exact) mass is 446 g/mol. The summed E-state index contributed by atoms with van der Waals surface area (Å²) in [6.07, 6.45) is 1.76. The molecule has 3 aromatic carbocycles. The lowest BCUT2D eigenvalue weighted by Gasteiger charge is -2.20. The Kier molecular flexibility index (Phi) is 6.87. The number of fused-ring (bicyclic) bond motifs is 1. The second kappa shape index (κ2) is 10.2. The SMILES string of the molecule is O=C(OCc1ccccc1)[C@@H]([C@@H](SCc1ccccc1)c1c[nH]c2ccccc12)[N+](=O)[O-]. The molecule has 0 spiro atoms. The molecule has 7 heteroatoms. The van der Waals surface area contributed by atoms with Crippen LogP contribution in [0.15, 0.2) is 91.1 Å². The Bertz CT molecular complexity index is 1190. The number of H-pyrrole nitrogens is 1. The molecule has 162 valence electrons. The van der Waals surface area contributed by atoms with Gasteiger partial charge >= 0.3 is 12.0 Å². The number of thioether (sulfide) groups is 1. The standard InChI is InChI=1S/C25H22N2O4S/c28-25(31-16-18-9-3-1-4-10-18)23(27(29)30)24(32-17-19-11-5-2-6-12-19)21-15-26-22-14-8-7-13-20(21)22/h1-15,23-24,26H,16-17H2/t23-,24+/m1/s1. The van der Waals surface area contributed by atoms with E-state index >= 15 is 0 Å².